The zero-order valence-electron chi connectivity index (χ0n) is 8.56. The number of likely N-dealkylation sites (N-methyl/N-ethyl adjacent to an activating group) is 1. The second-order valence-electron chi connectivity index (χ2n) is 3.01. The highest BCUT2D eigenvalue weighted by atomic mass is 16.5. The van der Waals surface area contributed by atoms with Gasteiger partial charge in [0.05, 0.1) is 0 Å². The molecule has 0 aromatic heterocycles. The average Bonchev–Trinajstić information content (AvgIpc) is 2.26. The number of carbonyl (C=O) groups excluding carboxylic acids is 1. The van der Waals surface area contributed by atoms with Crippen molar-refractivity contribution in [1.82, 2.24) is 4.90 Å². The maximum absolute atomic E-state index is 11.3. The van der Waals surface area contributed by atoms with Gasteiger partial charge in [0, 0.05) is 13.6 Å². The molecule has 0 aliphatic rings. The lowest BCUT2D eigenvalue weighted by Gasteiger charge is -2.14. The Morgan fingerprint density at radius 1 is 1.36 bits per heavy atom. The first-order valence-electron chi connectivity index (χ1n) is 4.66. The fourth-order valence-corrected chi connectivity index (χ4v) is 0.948. The van der Waals surface area contributed by atoms with E-state index in [0.29, 0.717) is 6.54 Å². The summed E-state index contributed by atoms with van der Waals surface area (Å²) in [6.45, 7) is 2.74. The van der Waals surface area contributed by atoms with E-state index in [-0.39, 0.29) is 12.5 Å². The largest absolute Gasteiger partial charge is 0.484 e. The fraction of sp³-hybridized carbons (Fsp3) is 0.364. The summed E-state index contributed by atoms with van der Waals surface area (Å²) < 4.78 is 5.30. The summed E-state index contributed by atoms with van der Waals surface area (Å²) in [5.74, 6) is 0.724. The Balaban J connectivity index is 2.38. The third-order valence-electron chi connectivity index (χ3n) is 2.01. The smallest absolute Gasteiger partial charge is 0.260 e. The first-order chi connectivity index (χ1) is 6.74. The molecule has 3 heteroatoms. The average molecular weight is 193 g/mol. The van der Waals surface area contributed by atoms with E-state index in [1.165, 1.54) is 0 Å². The van der Waals surface area contributed by atoms with Crippen LogP contribution >= 0.6 is 0 Å². The van der Waals surface area contributed by atoms with Crippen molar-refractivity contribution in [1.29, 1.82) is 0 Å². The predicted octanol–water partition coefficient (Wildman–Crippen LogP) is 1.54. The number of benzene rings is 1. The number of amides is 1. The molecule has 0 heterocycles. The number of hydrogen-bond acceptors (Lipinski definition) is 2. The van der Waals surface area contributed by atoms with Crippen LogP contribution in [0.3, 0.4) is 0 Å². The van der Waals surface area contributed by atoms with Gasteiger partial charge < -0.3 is 9.64 Å². The molecule has 0 unspecified atom stereocenters. The van der Waals surface area contributed by atoms with Crippen LogP contribution in [0.1, 0.15) is 6.92 Å². The summed E-state index contributed by atoms with van der Waals surface area (Å²) in [6, 6.07) is 9.33. The van der Waals surface area contributed by atoms with Gasteiger partial charge in [0.15, 0.2) is 6.61 Å². The Morgan fingerprint density at radius 3 is 2.57 bits per heavy atom. The van der Waals surface area contributed by atoms with E-state index < -0.39 is 0 Å². The topological polar surface area (TPSA) is 29.5 Å². The number of rotatable bonds is 4. The Kier molecular flexibility index (Phi) is 3.98. The zero-order valence-corrected chi connectivity index (χ0v) is 8.56. The molecule has 0 N–H and O–H groups in total. The molecule has 0 saturated heterocycles. The summed E-state index contributed by atoms with van der Waals surface area (Å²) in [4.78, 5) is 13.0. The fourth-order valence-electron chi connectivity index (χ4n) is 0.948. The lowest BCUT2D eigenvalue weighted by molar-refractivity contribution is -0.131. The van der Waals surface area contributed by atoms with Gasteiger partial charge in [-0.3, -0.25) is 4.79 Å². The lowest BCUT2D eigenvalue weighted by Crippen LogP contribution is -2.31. The second-order valence-corrected chi connectivity index (χ2v) is 3.01. The van der Waals surface area contributed by atoms with E-state index in [1.54, 1.807) is 11.9 Å². The molecule has 1 aromatic carbocycles. The Hall–Kier alpha value is -1.51. The molecule has 1 aromatic rings. The van der Waals surface area contributed by atoms with Crippen molar-refractivity contribution in [2.45, 2.75) is 6.92 Å². The number of carbonyl (C=O) groups is 1. The van der Waals surface area contributed by atoms with Gasteiger partial charge in [0.25, 0.3) is 5.91 Å². The van der Waals surface area contributed by atoms with Gasteiger partial charge in [0.2, 0.25) is 0 Å². The van der Waals surface area contributed by atoms with Gasteiger partial charge in [-0.1, -0.05) is 18.2 Å². The normalized spacial score (nSPS) is 9.57. The molecule has 76 valence electrons. The highest BCUT2D eigenvalue weighted by Crippen LogP contribution is 2.07. The molecule has 0 radical (unpaired) electrons. The molecular weight excluding hydrogens is 178 g/mol. The van der Waals surface area contributed by atoms with Gasteiger partial charge in [-0.2, -0.15) is 0 Å². The molecule has 14 heavy (non-hydrogen) atoms. The van der Waals surface area contributed by atoms with Crippen molar-refractivity contribution >= 4 is 5.91 Å². The van der Waals surface area contributed by atoms with E-state index in [9.17, 15) is 4.79 Å². The van der Waals surface area contributed by atoms with Crippen molar-refractivity contribution in [3.63, 3.8) is 0 Å². The zero-order chi connectivity index (χ0) is 10.4. The van der Waals surface area contributed by atoms with E-state index >= 15 is 0 Å². The van der Waals surface area contributed by atoms with Crippen LogP contribution < -0.4 is 4.74 Å². The quantitative estimate of drug-likeness (QED) is 0.726. The molecule has 1 amide bonds. The molecule has 0 aliphatic carbocycles. The third kappa shape index (κ3) is 3.09. The van der Waals surface area contributed by atoms with Crippen LogP contribution in [0.2, 0.25) is 0 Å². The van der Waals surface area contributed by atoms with Gasteiger partial charge >= 0.3 is 0 Å². The minimum Gasteiger partial charge on any atom is -0.484 e. The Morgan fingerprint density at radius 2 is 2.00 bits per heavy atom. The van der Waals surface area contributed by atoms with Crippen LogP contribution in [0.5, 0.6) is 5.75 Å². The van der Waals surface area contributed by atoms with Gasteiger partial charge in [0.1, 0.15) is 5.75 Å². The molecule has 0 atom stereocenters. The molecule has 0 bridgehead atoms. The van der Waals surface area contributed by atoms with Crippen molar-refractivity contribution in [3.8, 4) is 5.75 Å². The molecule has 0 spiro atoms. The van der Waals surface area contributed by atoms with Crippen LogP contribution in [0.15, 0.2) is 30.3 Å². The van der Waals surface area contributed by atoms with Gasteiger partial charge in [-0.25, -0.2) is 0 Å². The standard InChI is InChI=1S/C11H15NO2/c1-3-12(2)11(13)9-14-10-7-5-4-6-8-10/h4-8H,3,9H2,1-2H3. The van der Waals surface area contributed by atoms with E-state index in [1.807, 2.05) is 37.3 Å². The molecule has 0 aliphatic heterocycles. The summed E-state index contributed by atoms with van der Waals surface area (Å²) in [6.07, 6.45) is 0. The first-order valence-corrected chi connectivity index (χ1v) is 4.66. The summed E-state index contributed by atoms with van der Waals surface area (Å²) in [7, 11) is 1.76. The maximum Gasteiger partial charge on any atom is 0.260 e. The van der Waals surface area contributed by atoms with E-state index in [4.69, 9.17) is 4.74 Å². The van der Waals surface area contributed by atoms with E-state index in [0.717, 1.165) is 5.75 Å². The van der Waals surface area contributed by atoms with Crippen molar-refractivity contribution in [2.75, 3.05) is 20.2 Å². The molecule has 0 saturated carbocycles. The number of nitrogens with zero attached hydrogens (tertiary/aromatic N) is 1. The molecule has 0 fully saturated rings. The summed E-state index contributed by atoms with van der Waals surface area (Å²) in [5.41, 5.74) is 0. The Bertz CT molecular complexity index is 285. The number of para-hydroxylation sites is 1. The van der Waals surface area contributed by atoms with Crippen molar-refractivity contribution in [3.05, 3.63) is 30.3 Å². The highest BCUT2D eigenvalue weighted by Gasteiger charge is 2.06. The maximum atomic E-state index is 11.3. The van der Waals surface area contributed by atoms with Gasteiger partial charge in [-0.15, -0.1) is 0 Å². The van der Waals surface area contributed by atoms with Crippen LogP contribution in [-0.2, 0) is 4.79 Å². The van der Waals surface area contributed by atoms with Crippen molar-refractivity contribution in [2.24, 2.45) is 0 Å². The van der Waals surface area contributed by atoms with Crippen molar-refractivity contribution < 1.29 is 9.53 Å². The highest BCUT2D eigenvalue weighted by molar-refractivity contribution is 5.77. The third-order valence-corrected chi connectivity index (χ3v) is 2.01. The van der Waals surface area contributed by atoms with Crippen LogP contribution in [0.25, 0.3) is 0 Å². The summed E-state index contributed by atoms with van der Waals surface area (Å²) in [5, 5.41) is 0. The number of ether oxygens (including phenoxy) is 1. The van der Waals surface area contributed by atoms with Crippen LogP contribution in [0.4, 0.5) is 0 Å². The minimum atomic E-state index is -0.00338. The SMILES string of the molecule is CCN(C)C(=O)COc1ccccc1. The lowest BCUT2D eigenvalue weighted by atomic mass is 10.3. The monoisotopic (exact) mass is 193 g/mol. The second kappa shape index (κ2) is 5.27. The number of hydrogen-bond donors (Lipinski definition) is 0. The molecular formula is C11H15NO2. The van der Waals surface area contributed by atoms with Crippen LogP contribution in [-0.4, -0.2) is 31.0 Å². The van der Waals surface area contributed by atoms with Crippen LogP contribution in [0, 0.1) is 0 Å². The first kappa shape index (κ1) is 10.6. The van der Waals surface area contributed by atoms with E-state index in [2.05, 4.69) is 0 Å². The Labute approximate surface area is 84.3 Å². The molecule has 1 rings (SSSR count). The van der Waals surface area contributed by atoms with Gasteiger partial charge in [-0.05, 0) is 19.1 Å². The molecule has 3 nitrogen and oxygen atoms in total. The predicted molar refractivity (Wildman–Crippen MR) is 55.2 cm³/mol. The summed E-state index contributed by atoms with van der Waals surface area (Å²) >= 11 is 0. The minimum absolute atomic E-state index is 0.00338.